The highest BCUT2D eigenvalue weighted by Crippen LogP contribution is 2.31. The molecule has 4 atom stereocenters. The third-order valence-corrected chi connectivity index (χ3v) is 6.52. The molecule has 1 saturated heterocycles. The molecule has 1 aliphatic heterocycles. The first-order valence-electron chi connectivity index (χ1n) is 11.5. The first-order valence-corrected chi connectivity index (χ1v) is 11.5. The van der Waals surface area contributed by atoms with Crippen molar-refractivity contribution in [1.29, 1.82) is 0 Å². The summed E-state index contributed by atoms with van der Waals surface area (Å²) in [6, 6.07) is -0.560. The second-order valence-corrected chi connectivity index (χ2v) is 9.09. The first-order chi connectivity index (χ1) is 13.5. The Balaban J connectivity index is 2.16. The van der Waals surface area contributed by atoms with Crippen LogP contribution in [0, 0.1) is 17.8 Å². The zero-order valence-corrected chi connectivity index (χ0v) is 18.2. The molecule has 1 unspecified atom stereocenters. The van der Waals surface area contributed by atoms with Crippen molar-refractivity contribution < 1.29 is 14.6 Å². The van der Waals surface area contributed by atoms with Gasteiger partial charge in [0, 0.05) is 31.7 Å². The van der Waals surface area contributed by atoms with Gasteiger partial charge in [-0.2, -0.15) is 0 Å². The van der Waals surface area contributed by atoms with Crippen molar-refractivity contribution in [2.24, 2.45) is 23.5 Å². The number of hydrogen-bond donors (Lipinski definition) is 3. The van der Waals surface area contributed by atoms with E-state index in [0.717, 1.165) is 25.9 Å². The molecule has 1 amide bonds. The van der Waals surface area contributed by atoms with Crippen molar-refractivity contribution in [2.75, 3.05) is 32.8 Å². The largest absolute Gasteiger partial charge is 0.390 e. The van der Waals surface area contributed by atoms with Gasteiger partial charge in [-0.15, -0.1) is 0 Å². The van der Waals surface area contributed by atoms with E-state index in [0.29, 0.717) is 25.7 Å². The molecule has 0 radical (unpaired) electrons. The van der Waals surface area contributed by atoms with E-state index in [1.54, 1.807) is 0 Å². The third kappa shape index (κ3) is 6.68. The molecule has 0 spiro atoms. The maximum Gasteiger partial charge on any atom is 0.225 e. The first kappa shape index (κ1) is 23.6. The zero-order valence-electron chi connectivity index (χ0n) is 18.2. The predicted molar refractivity (Wildman–Crippen MR) is 113 cm³/mol. The van der Waals surface area contributed by atoms with Gasteiger partial charge in [-0.1, -0.05) is 52.9 Å². The van der Waals surface area contributed by atoms with E-state index in [-0.39, 0.29) is 29.8 Å². The fourth-order valence-corrected chi connectivity index (χ4v) is 4.95. The van der Waals surface area contributed by atoms with Gasteiger partial charge in [0.15, 0.2) is 0 Å². The topological polar surface area (TPSA) is 87.8 Å². The van der Waals surface area contributed by atoms with E-state index in [1.807, 2.05) is 0 Å². The summed E-state index contributed by atoms with van der Waals surface area (Å²) in [6.45, 7) is 9.63. The number of nitrogens with two attached hydrogens (primary N) is 1. The monoisotopic (exact) mass is 397 g/mol. The Hall–Kier alpha value is -0.690. The minimum atomic E-state index is -0.709. The van der Waals surface area contributed by atoms with Gasteiger partial charge in [-0.05, 0) is 24.7 Å². The highest BCUT2D eigenvalue weighted by molar-refractivity contribution is 5.79. The molecule has 0 aromatic heterocycles. The molecular weight excluding hydrogens is 354 g/mol. The summed E-state index contributed by atoms with van der Waals surface area (Å²) < 4.78 is 5.52. The van der Waals surface area contributed by atoms with Crippen LogP contribution in [-0.2, 0) is 9.53 Å². The molecule has 2 rings (SSSR count). The molecule has 1 heterocycles. The van der Waals surface area contributed by atoms with Gasteiger partial charge < -0.3 is 20.9 Å². The van der Waals surface area contributed by atoms with Crippen molar-refractivity contribution in [3.8, 4) is 0 Å². The molecule has 0 aromatic rings. The Morgan fingerprint density at radius 3 is 2.43 bits per heavy atom. The van der Waals surface area contributed by atoms with Crippen LogP contribution in [0.25, 0.3) is 0 Å². The van der Waals surface area contributed by atoms with E-state index in [2.05, 4.69) is 31.0 Å². The number of nitrogens with zero attached hydrogens (tertiary/aromatic N) is 1. The maximum absolute atomic E-state index is 13.0. The number of ether oxygens (including phenoxy) is 1. The lowest BCUT2D eigenvalue weighted by atomic mass is 9.78. The summed E-state index contributed by atoms with van der Waals surface area (Å²) in [7, 11) is 0. The lowest BCUT2D eigenvalue weighted by Gasteiger charge is -2.44. The lowest BCUT2D eigenvalue weighted by molar-refractivity contribution is -0.134. The number of hydrogen-bond acceptors (Lipinski definition) is 5. The van der Waals surface area contributed by atoms with Crippen LogP contribution in [-0.4, -0.2) is 66.9 Å². The summed E-state index contributed by atoms with van der Waals surface area (Å²) >= 11 is 0. The van der Waals surface area contributed by atoms with Crippen LogP contribution in [0.5, 0.6) is 0 Å². The fraction of sp³-hybridized carbons (Fsp3) is 0.955. The summed E-state index contributed by atoms with van der Waals surface area (Å²) in [5.41, 5.74) is 6.55. The van der Waals surface area contributed by atoms with Crippen molar-refractivity contribution >= 4 is 5.91 Å². The van der Waals surface area contributed by atoms with Crippen LogP contribution in [0.3, 0.4) is 0 Å². The van der Waals surface area contributed by atoms with Gasteiger partial charge in [0.2, 0.25) is 5.91 Å². The molecule has 2 fully saturated rings. The molecular formula is C22H43N3O3. The number of carbonyl (C=O) groups is 1. The van der Waals surface area contributed by atoms with Crippen molar-refractivity contribution in [3.63, 3.8) is 0 Å². The number of rotatable bonds is 10. The summed E-state index contributed by atoms with van der Waals surface area (Å²) in [5, 5.41) is 14.4. The minimum Gasteiger partial charge on any atom is -0.390 e. The lowest BCUT2D eigenvalue weighted by Crippen LogP contribution is -2.61. The second-order valence-electron chi connectivity index (χ2n) is 9.09. The van der Waals surface area contributed by atoms with Crippen molar-refractivity contribution in [1.82, 2.24) is 10.2 Å². The van der Waals surface area contributed by atoms with E-state index in [9.17, 15) is 9.90 Å². The molecule has 0 aromatic carbocycles. The van der Waals surface area contributed by atoms with Gasteiger partial charge in [-0.25, -0.2) is 0 Å². The van der Waals surface area contributed by atoms with Crippen LogP contribution in [0.4, 0.5) is 0 Å². The van der Waals surface area contributed by atoms with Crippen molar-refractivity contribution in [2.45, 2.75) is 83.9 Å². The second kappa shape index (κ2) is 12.1. The van der Waals surface area contributed by atoms with E-state index < -0.39 is 6.10 Å². The average molecular weight is 398 g/mol. The Morgan fingerprint density at radius 1 is 1.21 bits per heavy atom. The van der Waals surface area contributed by atoms with Crippen LogP contribution in [0.2, 0.25) is 0 Å². The van der Waals surface area contributed by atoms with Gasteiger partial charge in [0.25, 0.3) is 0 Å². The average Bonchev–Trinajstić information content (AvgIpc) is 2.70. The standard InChI is InChI=1S/C22H43N3O3/c1-4-10-24-22(27)19(16(2)3)20(25-11-13-28-14-12-25)21(26)18(23)15-17-8-6-5-7-9-17/h16-21,26H,4-15,23H2,1-3H3,(H,24,27)/t18-,19-,20?,21-/m0/s1. The van der Waals surface area contributed by atoms with Crippen LogP contribution < -0.4 is 11.1 Å². The zero-order chi connectivity index (χ0) is 20.5. The molecule has 28 heavy (non-hydrogen) atoms. The SMILES string of the molecule is CCCNC(=O)[C@@H](C(C)C)C([C@@H](O)[C@@H](N)CC1CCCCC1)N1CCOCC1. The molecule has 164 valence electrons. The van der Waals surface area contributed by atoms with Crippen LogP contribution in [0.15, 0.2) is 0 Å². The smallest absolute Gasteiger partial charge is 0.225 e. The highest BCUT2D eigenvalue weighted by Gasteiger charge is 2.42. The molecule has 1 saturated carbocycles. The molecule has 0 bridgehead atoms. The Bertz CT molecular complexity index is 448. The number of nitrogens with one attached hydrogen (secondary N) is 1. The van der Waals surface area contributed by atoms with Gasteiger partial charge in [-0.3, -0.25) is 9.69 Å². The summed E-state index contributed by atoms with van der Waals surface area (Å²) in [5.74, 6) is 0.491. The number of carbonyl (C=O) groups excluding carboxylic acids is 1. The fourth-order valence-electron chi connectivity index (χ4n) is 4.95. The van der Waals surface area contributed by atoms with Crippen LogP contribution >= 0.6 is 0 Å². The quantitative estimate of drug-likeness (QED) is 0.526. The minimum absolute atomic E-state index is 0.0391. The van der Waals surface area contributed by atoms with Gasteiger partial charge in [0.05, 0.1) is 25.2 Å². The molecule has 4 N–H and O–H groups in total. The van der Waals surface area contributed by atoms with E-state index >= 15 is 0 Å². The predicted octanol–water partition coefficient (Wildman–Crippen LogP) is 2.14. The third-order valence-electron chi connectivity index (χ3n) is 6.52. The van der Waals surface area contributed by atoms with E-state index in [1.165, 1.54) is 32.1 Å². The van der Waals surface area contributed by atoms with Gasteiger partial charge >= 0.3 is 0 Å². The molecule has 1 aliphatic carbocycles. The number of aliphatic hydroxyl groups is 1. The normalized spacial score (nSPS) is 23.9. The Kier molecular flexibility index (Phi) is 10.2. The maximum atomic E-state index is 13.0. The Morgan fingerprint density at radius 2 is 1.86 bits per heavy atom. The summed E-state index contributed by atoms with van der Waals surface area (Å²) in [4.78, 5) is 15.3. The number of morpholine rings is 1. The van der Waals surface area contributed by atoms with Gasteiger partial charge in [0.1, 0.15) is 0 Å². The van der Waals surface area contributed by atoms with Crippen molar-refractivity contribution in [3.05, 3.63) is 0 Å². The van der Waals surface area contributed by atoms with Crippen LogP contribution in [0.1, 0.15) is 65.7 Å². The molecule has 6 nitrogen and oxygen atoms in total. The van der Waals surface area contributed by atoms with E-state index in [4.69, 9.17) is 10.5 Å². The Labute approximate surface area is 171 Å². The molecule has 6 heteroatoms. The highest BCUT2D eigenvalue weighted by atomic mass is 16.5. The summed E-state index contributed by atoms with van der Waals surface area (Å²) in [6.07, 6.45) is 7.34. The number of aliphatic hydroxyl groups excluding tert-OH is 1. The number of amides is 1. The molecule has 2 aliphatic rings.